The second-order valence-electron chi connectivity index (χ2n) is 5.86. The minimum Gasteiger partial charge on any atom is -0.481 e. The number of thioether (sulfide) groups is 1. The number of nitrogens with zero attached hydrogens (tertiary/aromatic N) is 2. The van der Waals surface area contributed by atoms with Gasteiger partial charge in [-0.25, -0.2) is 4.98 Å². The fraction of sp³-hybridized carbons (Fsp3) is 0.500. The summed E-state index contributed by atoms with van der Waals surface area (Å²) in [6.07, 6.45) is 3.63. The highest BCUT2D eigenvalue weighted by Gasteiger charge is 2.29. The molecule has 2 aromatic rings. The maximum Gasteiger partial charge on any atom is 0.313 e. The van der Waals surface area contributed by atoms with Gasteiger partial charge in [-0.1, -0.05) is 37.2 Å². The van der Waals surface area contributed by atoms with E-state index >= 15 is 0 Å². The quantitative estimate of drug-likeness (QED) is 0.871. The van der Waals surface area contributed by atoms with Crippen molar-refractivity contribution < 1.29 is 9.90 Å². The highest BCUT2D eigenvalue weighted by molar-refractivity contribution is 7.99. The van der Waals surface area contributed by atoms with Gasteiger partial charge in [0.05, 0.1) is 16.8 Å². The lowest BCUT2D eigenvalue weighted by Gasteiger charge is -2.20. The van der Waals surface area contributed by atoms with Crippen molar-refractivity contribution >= 4 is 28.8 Å². The van der Waals surface area contributed by atoms with Gasteiger partial charge < -0.3 is 9.67 Å². The Morgan fingerprint density at radius 2 is 2.29 bits per heavy atom. The number of para-hydroxylation sites is 1. The standard InChI is InChI=1S/C16H20N2O2S/c1-10-5-3-7-12(10)18-13-8-4-6-11(2)15(13)17-16(18)21-9-14(19)20/h4,6,8,10,12H,3,5,7,9H2,1-2H3,(H,19,20). The predicted octanol–water partition coefficient (Wildman–Crippen LogP) is 3.88. The van der Waals surface area contributed by atoms with Gasteiger partial charge in [0, 0.05) is 6.04 Å². The summed E-state index contributed by atoms with van der Waals surface area (Å²) in [7, 11) is 0. The van der Waals surface area contributed by atoms with Gasteiger partial charge in [-0.05, 0) is 37.3 Å². The van der Waals surface area contributed by atoms with E-state index in [1.165, 1.54) is 24.6 Å². The van der Waals surface area contributed by atoms with Gasteiger partial charge in [0.1, 0.15) is 0 Å². The molecule has 1 heterocycles. The topological polar surface area (TPSA) is 55.1 Å². The largest absolute Gasteiger partial charge is 0.481 e. The summed E-state index contributed by atoms with van der Waals surface area (Å²) in [5.41, 5.74) is 3.29. The van der Waals surface area contributed by atoms with Crippen LogP contribution in [0.3, 0.4) is 0 Å². The Morgan fingerprint density at radius 3 is 2.95 bits per heavy atom. The number of rotatable bonds is 4. The van der Waals surface area contributed by atoms with Crippen LogP contribution in [0.1, 0.15) is 37.8 Å². The fourth-order valence-electron chi connectivity index (χ4n) is 3.29. The van der Waals surface area contributed by atoms with E-state index in [4.69, 9.17) is 10.1 Å². The number of imidazole rings is 1. The van der Waals surface area contributed by atoms with Crippen molar-refractivity contribution in [3.05, 3.63) is 23.8 Å². The molecule has 1 N–H and O–H groups in total. The summed E-state index contributed by atoms with van der Waals surface area (Å²) < 4.78 is 2.29. The first-order valence-corrected chi connectivity index (χ1v) is 8.38. The number of fused-ring (bicyclic) bond motifs is 1. The van der Waals surface area contributed by atoms with Gasteiger partial charge in [0.15, 0.2) is 5.16 Å². The summed E-state index contributed by atoms with van der Waals surface area (Å²) in [6.45, 7) is 4.34. The molecule has 21 heavy (non-hydrogen) atoms. The minimum absolute atomic E-state index is 0.0590. The van der Waals surface area contributed by atoms with Crippen LogP contribution in [0.25, 0.3) is 11.0 Å². The van der Waals surface area contributed by atoms with E-state index in [0.29, 0.717) is 12.0 Å². The lowest BCUT2D eigenvalue weighted by atomic mass is 10.1. The van der Waals surface area contributed by atoms with Gasteiger partial charge in [0.2, 0.25) is 0 Å². The smallest absolute Gasteiger partial charge is 0.313 e. The molecule has 0 saturated heterocycles. The Morgan fingerprint density at radius 1 is 1.48 bits per heavy atom. The van der Waals surface area contributed by atoms with Gasteiger partial charge in [-0.3, -0.25) is 4.79 Å². The van der Waals surface area contributed by atoms with Gasteiger partial charge >= 0.3 is 5.97 Å². The number of hydrogen-bond acceptors (Lipinski definition) is 3. The Labute approximate surface area is 128 Å². The monoisotopic (exact) mass is 304 g/mol. The number of carboxylic acids is 1. The molecule has 1 aliphatic rings. The van der Waals surface area contributed by atoms with Crippen LogP contribution in [0.5, 0.6) is 0 Å². The van der Waals surface area contributed by atoms with E-state index in [1.807, 2.05) is 0 Å². The Kier molecular flexibility index (Phi) is 3.93. The number of aromatic nitrogens is 2. The van der Waals surface area contributed by atoms with Crippen LogP contribution in [0.15, 0.2) is 23.4 Å². The first-order valence-electron chi connectivity index (χ1n) is 7.40. The third kappa shape index (κ3) is 2.67. The Bertz CT molecular complexity index is 680. The van der Waals surface area contributed by atoms with Crippen LogP contribution in [-0.4, -0.2) is 26.4 Å². The number of benzene rings is 1. The molecule has 0 amide bonds. The molecular weight excluding hydrogens is 284 g/mol. The summed E-state index contributed by atoms with van der Waals surface area (Å²) in [5, 5.41) is 9.80. The number of hydrogen-bond donors (Lipinski definition) is 1. The number of aryl methyl sites for hydroxylation is 1. The second-order valence-corrected chi connectivity index (χ2v) is 6.81. The molecule has 0 aliphatic heterocycles. The maximum absolute atomic E-state index is 10.9. The van der Waals surface area contributed by atoms with Crippen LogP contribution >= 0.6 is 11.8 Å². The van der Waals surface area contributed by atoms with Crippen LogP contribution < -0.4 is 0 Å². The molecule has 3 rings (SSSR count). The molecule has 2 unspecified atom stereocenters. The van der Waals surface area contributed by atoms with Crippen molar-refractivity contribution in [2.75, 3.05) is 5.75 Å². The summed E-state index contributed by atoms with van der Waals surface area (Å²) in [4.78, 5) is 15.6. The minimum atomic E-state index is -0.796. The van der Waals surface area contributed by atoms with E-state index in [-0.39, 0.29) is 5.75 Å². The van der Waals surface area contributed by atoms with E-state index in [1.54, 1.807) is 0 Å². The average molecular weight is 304 g/mol. The van der Waals surface area contributed by atoms with E-state index < -0.39 is 5.97 Å². The van der Waals surface area contributed by atoms with Crippen molar-refractivity contribution in [1.29, 1.82) is 0 Å². The van der Waals surface area contributed by atoms with Crippen molar-refractivity contribution in [1.82, 2.24) is 9.55 Å². The molecule has 4 nitrogen and oxygen atoms in total. The molecule has 2 atom stereocenters. The Balaban J connectivity index is 2.11. The van der Waals surface area contributed by atoms with Crippen LogP contribution in [0.2, 0.25) is 0 Å². The predicted molar refractivity (Wildman–Crippen MR) is 84.9 cm³/mol. The molecule has 0 bridgehead atoms. The normalized spacial score (nSPS) is 22.0. The van der Waals surface area contributed by atoms with Crippen molar-refractivity contribution in [3.63, 3.8) is 0 Å². The highest BCUT2D eigenvalue weighted by atomic mass is 32.2. The average Bonchev–Trinajstić information content (AvgIpc) is 3.00. The molecule has 1 saturated carbocycles. The van der Waals surface area contributed by atoms with Gasteiger partial charge in [-0.15, -0.1) is 0 Å². The third-order valence-electron chi connectivity index (χ3n) is 4.36. The molecule has 0 spiro atoms. The molecule has 1 fully saturated rings. The zero-order valence-corrected chi connectivity index (χ0v) is 13.2. The zero-order chi connectivity index (χ0) is 15.0. The van der Waals surface area contributed by atoms with E-state index in [0.717, 1.165) is 28.2 Å². The molecule has 1 aromatic carbocycles. The summed E-state index contributed by atoms with van der Waals surface area (Å²) in [6, 6.07) is 6.66. The maximum atomic E-state index is 10.9. The zero-order valence-electron chi connectivity index (χ0n) is 12.4. The van der Waals surface area contributed by atoms with Gasteiger partial charge in [0.25, 0.3) is 0 Å². The first kappa shape index (κ1) is 14.4. The summed E-state index contributed by atoms with van der Waals surface area (Å²) in [5.74, 6) is -0.120. The third-order valence-corrected chi connectivity index (χ3v) is 5.30. The number of aliphatic carboxylic acids is 1. The van der Waals surface area contributed by atoms with Crippen molar-refractivity contribution in [2.24, 2.45) is 5.92 Å². The molecule has 1 aliphatic carbocycles. The second kappa shape index (κ2) is 5.72. The number of carbonyl (C=O) groups is 1. The highest BCUT2D eigenvalue weighted by Crippen LogP contribution is 2.40. The van der Waals surface area contributed by atoms with Gasteiger partial charge in [-0.2, -0.15) is 0 Å². The molecule has 112 valence electrons. The van der Waals surface area contributed by atoms with Crippen LogP contribution in [0, 0.1) is 12.8 Å². The lowest BCUT2D eigenvalue weighted by Crippen LogP contribution is -2.13. The molecular formula is C16H20N2O2S. The van der Waals surface area contributed by atoms with E-state index in [9.17, 15) is 4.79 Å². The first-order chi connectivity index (χ1) is 10.1. The molecule has 5 heteroatoms. The Hall–Kier alpha value is -1.49. The van der Waals surface area contributed by atoms with E-state index in [2.05, 4.69) is 36.6 Å². The van der Waals surface area contributed by atoms with Crippen molar-refractivity contribution in [2.45, 2.75) is 44.3 Å². The molecule has 0 radical (unpaired) electrons. The van der Waals surface area contributed by atoms with Crippen LogP contribution in [0.4, 0.5) is 0 Å². The van der Waals surface area contributed by atoms with Crippen LogP contribution in [-0.2, 0) is 4.79 Å². The number of carboxylic acid groups (broad SMARTS) is 1. The fourth-order valence-corrected chi connectivity index (χ4v) is 4.08. The lowest BCUT2D eigenvalue weighted by molar-refractivity contribution is -0.133. The summed E-state index contributed by atoms with van der Waals surface area (Å²) >= 11 is 1.33. The van der Waals surface area contributed by atoms with Crippen molar-refractivity contribution in [3.8, 4) is 0 Å². The molecule has 1 aromatic heterocycles. The SMILES string of the molecule is Cc1cccc2c1nc(SCC(=O)O)n2C1CCCC1C.